The number of sulfone groups is 1. The zero-order chi connectivity index (χ0) is 14.3. The van der Waals surface area contributed by atoms with Crippen LogP contribution in [0.3, 0.4) is 0 Å². The van der Waals surface area contributed by atoms with Gasteiger partial charge in [0.1, 0.15) is 5.52 Å². The maximum atomic E-state index is 11.4. The van der Waals surface area contributed by atoms with E-state index in [-0.39, 0.29) is 11.5 Å². The number of amides is 1. The summed E-state index contributed by atoms with van der Waals surface area (Å²) in [6.45, 7) is 0.718. The Morgan fingerprint density at radius 3 is 2.65 bits per heavy atom. The van der Waals surface area contributed by atoms with Crippen LogP contribution in [0, 0.1) is 0 Å². The number of benzene rings is 1. The molecular weight excluding hydrogens is 282 g/mol. The second-order valence-electron chi connectivity index (χ2n) is 4.68. The molecule has 0 radical (unpaired) electrons. The summed E-state index contributed by atoms with van der Waals surface area (Å²) in [6, 6.07) is 5.13. The van der Waals surface area contributed by atoms with Gasteiger partial charge in [-0.2, -0.15) is 4.98 Å². The van der Waals surface area contributed by atoms with E-state index >= 15 is 0 Å². The fraction of sp³-hybridized carbons (Fsp3) is 0.333. The molecule has 2 aromatic rings. The van der Waals surface area contributed by atoms with Crippen LogP contribution in [0.4, 0.5) is 6.01 Å². The van der Waals surface area contributed by atoms with Crippen molar-refractivity contribution >= 4 is 32.9 Å². The zero-order valence-electron chi connectivity index (χ0n) is 10.6. The zero-order valence-corrected chi connectivity index (χ0v) is 11.4. The molecule has 1 aromatic carbocycles. The lowest BCUT2D eigenvalue weighted by Gasteiger charge is -2.24. The van der Waals surface area contributed by atoms with Crippen molar-refractivity contribution in [3.05, 3.63) is 23.8 Å². The number of nitrogens with zero attached hydrogens (tertiary/aromatic N) is 2. The van der Waals surface area contributed by atoms with Gasteiger partial charge >= 0.3 is 0 Å². The van der Waals surface area contributed by atoms with Crippen LogP contribution in [0.25, 0.3) is 11.1 Å². The predicted molar refractivity (Wildman–Crippen MR) is 73.4 cm³/mol. The fourth-order valence-electron chi connectivity index (χ4n) is 2.11. The SMILES string of the molecule is NC(=O)c1ccc2oc(N3CCS(=O)(=O)CC3)nc2c1. The summed E-state index contributed by atoms with van der Waals surface area (Å²) in [5, 5.41) is 0. The average Bonchev–Trinajstić information content (AvgIpc) is 2.81. The maximum absolute atomic E-state index is 11.4. The minimum absolute atomic E-state index is 0.0955. The Kier molecular flexibility index (Phi) is 2.89. The van der Waals surface area contributed by atoms with E-state index in [1.165, 1.54) is 0 Å². The fourth-order valence-corrected chi connectivity index (χ4v) is 3.31. The standard InChI is InChI=1S/C12H13N3O4S/c13-11(16)8-1-2-10-9(7-8)14-12(19-10)15-3-5-20(17,18)6-4-15/h1-2,7H,3-6H2,(H2,13,16). The summed E-state index contributed by atoms with van der Waals surface area (Å²) < 4.78 is 28.4. The molecule has 0 spiro atoms. The number of aromatic nitrogens is 1. The van der Waals surface area contributed by atoms with Gasteiger partial charge in [-0.1, -0.05) is 0 Å². The first-order valence-corrected chi connectivity index (χ1v) is 7.92. The summed E-state index contributed by atoms with van der Waals surface area (Å²) in [5.74, 6) is -0.336. The third kappa shape index (κ3) is 2.34. The number of hydrogen-bond donors (Lipinski definition) is 1. The molecule has 1 fully saturated rings. The minimum Gasteiger partial charge on any atom is -0.423 e. The van der Waals surface area contributed by atoms with Crippen molar-refractivity contribution in [2.24, 2.45) is 5.73 Å². The lowest BCUT2D eigenvalue weighted by atomic mass is 10.2. The number of oxazole rings is 1. The number of nitrogens with two attached hydrogens (primary N) is 1. The summed E-state index contributed by atoms with van der Waals surface area (Å²) in [5.41, 5.74) is 6.64. The van der Waals surface area contributed by atoms with Gasteiger partial charge in [-0.3, -0.25) is 4.79 Å². The van der Waals surface area contributed by atoms with Gasteiger partial charge in [-0.25, -0.2) is 8.42 Å². The Balaban J connectivity index is 1.91. The summed E-state index contributed by atoms with van der Waals surface area (Å²) >= 11 is 0. The lowest BCUT2D eigenvalue weighted by molar-refractivity contribution is 0.100. The van der Waals surface area contributed by atoms with Crippen molar-refractivity contribution in [1.82, 2.24) is 4.98 Å². The second kappa shape index (κ2) is 4.48. The molecule has 1 aliphatic heterocycles. The van der Waals surface area contributed by atoms with E-state index in [4.69, 9.17) is 10.2 Å². The van der Waals surface area contributed by atoms with Crippen LogP contribution in [0.1, 0.15) is 10.4 Å². The quantitative estimate of drug-likeness (QED) is 0.846. The number of fused-ring (bicyclic) bond motifs is 1. The highest BCUT2D eigenvalue weighted by molar-refractivity contribution is 7.91. The van der Waals surface area contributed by atoms with E-state index in [2.05, 4.69) is 4.98 Å². The van der Waals surface area contributed by atoms with Crippen LogP contribution in [0.5, 0.6) is 0 Å². The van der Waals surface area contributed by atoms with Crippen LogP contribution >= 0.6 is 0 Å². The molecule has 0 atom stereocenters. The largest absolute Gasteiger partial charge is 0.423 e. The topological polar surface area (TPSA) is 107 Å². The molecule has 0 unspecified atom stereocenters. The third-order valence-corrected chi connectivity index (χ3v) is 4.88. The molecule has 0 aliphatic carbocycles. The first-order chi connectivity index (χ1) is 9.44. The van der Waals surface area contributed by atoms with Gasteiger partial charge in [0, 0.05) is 18.7 Å². The highest BCUT2D eigenvalue weighted by Gasteiger charge is 2.24. The molecule has 0 bridgehead atoms. The first kappa shape index (κ1) is 12.9. The Hall–Kier alpha value is -2.09. The number of hydrogen-bond acceptors (Lipinski definition) is 6. The maximum Gasteiger partial charge on any atom is 0.298 e. The number of carbonyl (C=O) groups excluding carboxylic acids is 1. The van der Waals surface area contributed by atoms with E-state index < -0.39 is 15.7 Å². The average molecular weight is 295 g/mol. The van der Waals surface area contributed by atoms with Crippen molar-refractivity contribution < 1.29 is 17.6 Å². The smallest absolute Gasteiger partial charge is 0.298 e. The molecule has 20 heavy (non-hydrogen) atoms. The van der Waals surface area contributed by atoms with Gasteiger partial charge in [0.2, 0.25) is 5.91 Å². The molecule has 1 aromatic heterocycles. The number of carbonyl (C=O) groups is 1. The van der Waals surface area contributed by atoms with Gasteiger partial charge in [0.15, 0.2) is 15.4 Å². The third-order valence-electron chi connectivity index (χ3n) is 3.28. The van der Waals surface area contributed by atoms with Gasteiger partial charge in [0.05, 0.1) is 11.5 Å². The van der Waals surface area contributed by atoms with Gasteiger partial charge < -0.3 is 15.1 Å². The lowest BCUT2D eigenvalue weighted by Crippen LogP contribution is -2.40. The van der Waals surface area contributed by atoms with E-state index in [1.54, 1.807) is 23.1 Å². The van der Waals surface area contributed by atoms with Gasteiger partial charge in [-0.05, 0) is 18.2 Å². The highest BCUT2D eigenvalue weighted by atomic mass is 32.2. The first-order valence-electron chi connectivity index (χ1n) is 6.10. The molecule has 2 heterocycles. The van der Waals surface area contributed by atoms with Crippen LogP contribution in [-0.2, 0) is 9.84 Å². The molecule has 0 saturated carbocycles. The van der Waals surface area contributed by atoms with Crippen LogP contribution in [0.2, 0.25) is 0 Å². The summed E-state index contributed by atoms with van der Waals surface area (Å²) in [7, 11) is -2.94. The van der Waals surface area contributed by atoms with E-state index in [1.807, 2.05) is 0 Å². The molecule has 1 amide bonds. The van der Waals surface area contributed by atoms with Crippen molar-refractivity contribution in [2.45, 2.75) is 0 Å². The summed E-state index contributed by atoms with van der Waals surface area (Å²) in [4.78, 5) is 17.2. The Labute approximate surface area is 115 Å². The molecule has 1 aliphatic rings. The Morgan fingerprint density at radius 1 is 1.30 bits per heavy atom. The second-order valence-corrected chi connectivity index (χ2v) is 6.99. The molecule has 2 N–H and O–H groups in total. The monoisotopic (exact) mass is 295 g/mol. The Bertz CT molecular complexity index is 767. The van der Waals surface area contributed by atoms with Crippen LogP contribution < -0.4 is 10.6 Å². The van der Waals surface area contributed by atoms with E-state index in [0.29, 0.717) is 35.8 Å². The highest BCUT2D eigenvalue weighted by Crippen LogP contribution is 2.24. The molecule has 8 heteroatoms. The number of rotatable bonds is 2. The minimum atomic E-state index is -2.94. The van der Waals surface area contributed by atoms with Crippen molar-refractivity contribution in [3.8, 4) is 0 Å². The molecule has 1 saturated heterocycles. The normalized spacial score (nSPS) is 18.3. The van der Waals surface area contributed by atoms with Gasteiger partial charge in [0.25, 0.3) is 6.01 Å². The van der Waals surface area contributed by atoms with E-state index in [9.17, 15) is 13.2 Å². The Morgan fingerprint density at radius 2 is 2.00 bits per heavy atom. The van der Waals surface area contributed by atoms with Crippen LogP contribution in [0.15, 0.2) is 22.6 Å². The number of primary amides is 1. The molecule has 3 rings (SSSR count). The van der Waals surface area contributed by atoms with Crippen molar-refractivity contribution in [1.29, 1.82) is 0 Å². The van der Waals surface area contributed by atoms with Crippen molar-refractivity contribution in [3.63, 3.8) is 0 Å². The molecular formula is C12H13N3O4S. The molecule has 106 valence electrons. The van der Waals surface area contributed by atoms with E-state index in [0.717, 1.165) is 0 Å². The number of anilines is 1. The predicted octanol–water partition coefficient (Wildman–Crippen LogP) is 0.161. The molecule has 7 nitrogen and oxygen atoms in total. The van der Waals surface area contributed by atoms with Crippen LogP contribution in [-0.4, -0.2) is 43.9 Å². The summed E-state index contributed by atoms with van der Waals surface area (Å²) in [6.07, 6.45) is 0. The van der Waals surface area contributed by atoms with Crippen molar-refractivity contribution in [2.75, 3.05) is 29.5 Å². The van der Waals surface area contributed by atoms with Gasteiger partial charge in [-0.15, -0.1) is 0 Å².